The van der Waals surface area contributed by atoms with Crippen molar-refractivity contribution in [1.82, 2.24) is 15.0 Å². The fourth-order valence-electron chi connectivity index (χ4n) is 1.14. The van der Waals surface area contributed by atoms with Crippen LogP contribution in [0.2, 0.25) is 0 Å². The number of hydrogen-bond donors (Lipinski definition) is 1. The Kier molecular flexibility index (Phi) is 2.78. The Labute approximate surface area is 97.7 Å². The summed E-state index contributed by atoms with van der Waals surface area (Å²) in [5, 5.41) is 0. The molecule has 0 amide bonds. The maximum absolute atomic E-state index is 13.3. The van der Waals surface area contributed by atoms with Gasteiger partial charge in [-0.1, -0.05) is 0 Å². The molecule has 0 aliphatic rings. The van der Waals surface area contributed by atoms with Crippen LogP contribution < -0.4 is 5.73 Å². The summed E-state index contributed by atoms with van der Waals surface area (Å²) in [5.74, 6) is -1.74. The largest absolute Gasteiger partial charge is 0.368 e. The van der Waals surface area contributed by atoms with Crippen LogP contribution in [0.25, 0.3) is 11.4 Å². The second-order valence-electron chi connectivity index (χ2n) is 2.89. The highest BCUT2D eigenvalue weighted by molar-refractivity contribution is 9.10. The Morgan fingerprint density at radius 1 is 1.19 bits per heavy atom. The number of anilines is 1. The minimum atomic E-state index is -0.989. The van der Waals surface area contributed by atoms with Gasteiger partial charge in [-0.25, -0.2) is 18.7 Å². The smallest absolute Gasteiger partial charge is 0.223 e. The van der Waals surface area contributed by atoms with Crippen LogP contribution in [-0.2, 0) is 0 Å². The van der Waals surface area contributed by atoms with Crippen LogP contribution in [0.3, 0.4) is 0 Å². The number of nitrogens with zero attached hydrogens (tertiary/aromatic N) is 3. The Morgan fingerprint density at radius 3 is 2.62 bits per heavy atom. The molecule has 0 bridgehead atoms. The molecule has 2 aromatic rings. The number of halogens is 3. The SMILES string of the molecule is Nc1ncnc(-c2ccc(F)c(F)c2Br)n1. The molecule has 0 saturated carbocycles. The Bertz CT molecular complexity index is 547. The second-order valence-corrected chi connectivity index (χ2v) is 3.68. The van der Waals surface area contributed by atoms with E-state index in [9.17, 15) is 8.78 Å². The molecule has 0 aliphatic carbocycles. The van der Waals surface area contributed by atoms with Crippen molar-refractivity contribution in [3.63, 3.8) is 0 Å². The molecular weight excluding hydrogens is 282 g/mol. The van der Waals surface area contributed by atoms with Gasteiger partial charge < -0.3 is 5.73 Å². The molecule has 82 valence electrons. The molecular formula is C9H5BrF2N4. The molecule has 2 N–H and O–H groups in total. The minimum Gasteiger partial charge on any atom is -0.368 e. The summed E-state index contributed by atoms with van der Waals surface area (Å²) < 4.78 is 26.1. The molecule has 2 rings (SSSR count). The number of aromatic nitrogens is 3. The highest BCUT2D eigenvalue weighted by atomic mass is 79.9. The predicted molar refractivity (Wildman–Crippen MR) is 57.3 cm³/mol. The number of rotatable bonds is 1. The van der Waals surface area contributed by atoms with Gasteiger partial charge in [0.05, 0.1) is 4.47 Å². The molecule has 0 aliphatic heterocycles. The van der Waals surface area contributed by atoms with Gasteiger partial charge in [0.25, 0.3) is 0 Å². The van der Waals surface area contributed by atoms with Crippen LogP contribution >= 0.6 is 15.9 Å². The molecule has 0 unspecified atom stereocenters. The molecule has 7 heteroatoms. The van der Waals surface area contributed by atoms with Gasteiger partial charge in [-0.05, 0) is 28.1 Å². The zero-order valence-corrected chi connectivity index (χ0v) is 9.37. The lowest BCUT2D eigenvalue weighted by Gasteiger charge is -2.04. The number of hydrogen-bond acceptors (Lipinski definition) is 4. The van der Waals surface area contributed by atoms with E-state index in [1.807, 2.05) is 0 Å². The van der Waals surface area contributed by atoms with Crippen molar-refractivity contribution in [2.24, 2.45) is 0 Å². The van der Waals surface area contributed by atoms with Gasteiger partial charge in [-0.3, -0.25) is 0 Å². The van der Waals surface area contributed by atoms with Crippen LogP contribution in [0, 0.1) is 11.6 Å². The van der Waals surface area contributed by atoms with Gasteiger partial charge in [-0.15, -0.1) is 0 Å². The topological polar surface area (TPSA) is 64.7 Å². The van der Waals surface area contributed by atoms with E-state index >= 15 is 0 Å². The van der Waals surface area contributed by atoms with Gasteiger partial charge in [-0.2, -0.15) is 4.98 Å². The molecule has 1 heterocycles. The first-order valence-corrected chi connectivity index (χ1v) is 4.97. The van der Waals surface area contributed by atoms with Crippen molar-refractivity contribution in [2.45, 2.75) is 0 Å². The summed E-state index contributed by atoms with van der Waals surface area (Å²) >= 11 is 2.94. The van der Waals surface area contributed by atoms with Crippen LogP contribution in [0.4, 0.5) is 14.7 Å². The van der Waals surface area contributed by atoms with Crippen molar-refractivity contribution in [3.05, 3.63) is 34.6 Å². The summed E-state index contributed by atoms with van der Waals surface area (Å²) in [6.45, 7) is 0. The zero-order valence-electron chi connectivity index (χ0n) is 7.78. The van der Waals surface area contributed by atoms with Crippen LogP contribution in [0.15, 0.2) is 22.9 Å². The molecule has 1 aromatic heterocycles. The number of nitrogens with two attached hydrogens (primary N) is 1. The van der Waals surface area contributed by atoms with Crippen LogP contribution in [0.5, 0.6) is 0 Å². The lowest BCUT2D eigenvalue weighted by atomic mass is 10.2. The lowest BCUT2D eigenvalue weighted by Crippen LogP contribution is -1.99. The van der Waals surface area contributed by atoms with Crippen LogP contribution in [0.1, 0.15) is 0 Å². The van der Waals surface area contributed by atoms with E-state index in [2.05, 4.69) is 30.9 Å². The Morgan fingerprint density at radius 2 is 1.94 bits per heavy atom. The van der Waals surface area contributed by atoms with E-state index in [-0.39, 0.29) is 16.2 Å². The molecule has 0 spiro atoms. The first kappa shape index (κ1) is 10.9. The third-order valence-corrected chi connectivity index (χ3v) is 2.64. The molecule has 0 fully saturated rings. The van der Waals surface area contributed by atoms with E-state index in [0.29, 0.717) is 5.56 Å². The van der Waals surface area contributed by atoms with E-state index in [0.717, 1.165) is 6.07 Å². The first-order valence-electron chi connectivity index (χ1n) is 4.18. The fraction of sp³-hybridized carbons (Fsp3) is 0. The number of benzene rings is 1. The van der Waals surface area contributed by atoms with Gasteiger partial charge >= 0.3 is 0 Å². The highest BCUT2D eigenvalue weighted by Gasteiger charge is 2.14. The molecule has 4 nitrogen and oxygen atoms in total. The third-order valence-electron chi connectivity index (χ3n) is 1.87. The number of nitrogen functional groups attached to an aromatic ring is 1. The maximum Gasteiger partial charge on any atom is 0.223 e. The van der Waals surface area contributed by atoms with Crippen molar-refractivity contribution in [1.29, 1.82) is 0 Å². The first-order chi connectivity index (χ1) is 7.59. The van der Waals surface area contributed by atoms with Crippen molar-refractivity contribution >= 4 is 21.9 Å². The summed E-state index contributed by atoms with van der Waals surface area (Å²) in [6, 6.07) is 2.35. The molecule has 16 heavy (non-hydrogen) atoms. The van der Waals surface area contributed by atoms with Crippen molar-refractivity contribution < 1.29 is 8.78 Å². The fourth-order valence-corrected chi connectivity index (χ4v) is 1.64. The minimum absolute atomic E-state index is 0.0154. The van der Waals surface area contributed by atoms with Crippen LogP contribution in [-0.4, -0.2) is 15.0 Å². The van der Waals surface area contributed by atoms with Crippen molar-refractivity contribution in [3.8, 4) is 11.4 Å². The third kappa shape index (κ3) is 1.85. The van der Waals surface area contributed by atoms with Gasteiger partial charge in [0.1, 0.15) is 6.33 Å². The summed E-state index contributed by atoms with van der Waals surface area (Å²) in [5.41, 5.74) is 5.68. The average Bonchev–Trinajstić information content (AvgIpc) is 2.26. The molecule has 1 aromatic carbocycles. The van der Waals surface area contributed by atoms with E-state index in [1.165, 1.54) is 12.4 Å². The summed E-state index contributed by atoms with van der Waals surface area (Å²) in [7, 11) is 0. The quantitative estimate of drug-likeness (QED) is 0.816. The summed E-state index contributed by atoms with van der Waals surface area (Å²) in [4.78, 5) is 11.2. The average molecular weight is 287 g/mol. The normalized spacial score (nSPS) is 10.4. The Hall–Kier alpha value is -1.63. The second kappa shape index (κ2) is 4.09. The molecule has 0 atom stereocenters. The van der Waals surface area contributed by atoms with Gasteiger partial charge in [0, 0.05) is 5.56 Å². The van der Waals surface area contributed by atoms with E-state index in [4.69, 9.17) is 5.73 Å². The lowest BCUT2D eigenvalue weighted by molar-refractivity contribution is 0.504. The standard InChI is InChI=1S/C9H5BrF2N4/c10-6-4(1-2-5(11)7(6)12)8-14-3-15-9(13)16-8/h1-3H,(H2,13,14,15,16). The molecule has 0 saturated heterocycles. The Balaban J connectivity index is 2.61. The predicted octanol–water partition coefficient (Wildman–Crippen LogP) is 2.16. The van der Waals surface area contributed by atoms with Crippen molar-refractivity contribution in [2.75, 3.05) is 5.73 Å². The van der Waals surface area contributed by atoms with E-state index in [1.54, 1.807) is 0 Å². The van der Waals surface area contributed by atoms with E-state index < -0.39 is 11.6 Å². The monoisotopic (exact) mass is 286 g/mol. The maximum atomic E-state index is 13.3. The zero-order chi connectivity index (χ0) is 11.7. The summed E-state index contributed by atoms with van der Waals surface area (Å²) in [6.07, 6.45) is 1.20. The van der Waals surface area contributed by atoms with Gasteiger partial charge in [0.2, 0.25) is 5.95 Å². The van der Waals surface area contributed by atoms with Gasteiger partial charge in [0.15, 0.2) is 17.5 Å². The highest BCUT2D eigenvalue weighted by Crippen LogP contribution is 2.29. The molecule has 0 radical (unpaired) electrons.